The summed E-state index contributed by atoms with van der Waals surface area (Å²) in [6.07, 6.45) is -2.45. The van der Waals surface area contributed by atoms with Crippen molar-refractivity contribution < 1.29 is 31.2 Å². The van der Waals surface area contributed by atoms with Crippen LogP contribution < -0.4 is 9.62 Å². The number of halogens is 4. The first-order valence-corrected chi connectivity index (χ1v) is 13.4. The van der Waals surface area contributed by atoms with Gasteiger partial charge in [-0.3, -0.25) is 13.9 Å². The van der Waals surface area contributed by atoms with E-state index in [0.29, 0.717) is 22.5 Å². The summed E-state index contributed by atoms with van der Waals surface area (Å²) in [5.41, 5.74) is -0.911. The molecule has 198 valence electrons. The van der Waals surface area contributed by atoms with E-state index >= 15 is 0 Å². The molecule has 0 aliphatic heterocycles. The zero-order valence-electron chi connectivity index (χ0n) is 20.2. The number of unbranched alkanes of at least 4 members (excludes halogenated alkanes) is 1. The van der Waals surface area contributed by atoms with Crippen LogP contribution in [0.2, 0.25) is 5.02 Å². The summed E-state index contributed by atoms with van der Waals surface area (Å²) in [4.78, 5) is 27.3. The Morgan fingerprint density at radius 3 is 2.31 bits per heavy atom. The van der Waals surface area contributed by atoms with Gasteiger partial charge >= 0.3 is 6.18 Å². The molecule has 0 aliphatic carbocycles. The first-order valence-electron chi connectivity index (χ1n) is 11.2. The molecule has 2 amide bonds. The molecule has 0 aliphatic rings. The van der Waals surface area contributed by atoms with Gasteiger partial charge in [0.15, 0.2) is 0 Å². The number of alkyl halides is 3. The molecule has 0 aromatic heterocycles. The summed E-state index contributed by atoms with van der Waals surface area (Å²) in [6.45, 7) is 3.07. The van der Waals surface area contributed by atoms with Crippen molar-refractivity contribution in [1.82, 2.24) is 10.2 Å². The highest BCUT2D eigenvalue weighted by Gasteiger charge is 2.35. The lowest BCUT2D eigenvalue weighted by Crippen LogP contribution is -2.51. The number of nitrogens with zero attached hydrogens (tertiary/aromatic N) is 2. The summed E-state index contributed by atoms with van der Waals surface area (Å²) in [6, 6.07) is 10.4. The Labute approximate surface area is 214 Å². The normalized spacial score (nSPS) is 12.6. The number of carbonyl (C=O) groups excluding carboxylic acids is 2. The van der Waals surface area contributed by atoms with Crippen molar-refractivity contribution in [1.29, 1.82) is 0 Å². The minimum atomic E-state index is -4.83. The molecule has 0 saturated heterocycles. The lowest BCUT2D eigenvalue weighted by atomic mass is 10.1. The van der Waals surface area contributed by atoms with Crippen molar-refractivity contribution in [3.8, 4) is 0 Å². The minimum absolute atomic E-state index is 0.00589. The van der Waals surface area contributed by atoms with Crippen molar-refractivity contribution in [2.24, 2.45) is 0 Å². The topological polar surface area (TPSA) is 86.8 Å². The van der Waals surface area contributed by atoms with Crippen molar-refractivity contribution in [2.75, 3.05) is 23.7 Å². The number of benzene rings is 2. The summed E-state index contributed by atoms with van der Waals surface area (Å²) >= 11 is 5.67. The molecule has 0 spiro atoms. The first-order chi connectivity index (χ1) is 16.8. The van der Waals surface area contributed by atoms with Gasteiger partial charge in [0, 0.05) is 13.1 Å². The molecule has 0 heterocycles. The Kier molecular flexibility index (Phi) is 10.2. The Morgan fingerprint density at radius 1 is 1.11 bits per heavy atom. The molecule has 0 bridgehead atoms. The summed E-state index contributed by atoms with van der Waals surface area (Å²) in [5.74, 6) is -1.18. The monoisotopic (exact) mass is 547 g/mol. The van der Waals surface area contributed by atoms with Crippen LogP contribution in [0.15, 0.2) is 48.5 Å². The number of nitrogens with one attached hydrogen (secondary N) is 1. The van der Waals surface area contributed by atoms with E-state index in [4.69, 9.17) is 11.6 Å². The van der Waals surface area contributed by atoms with Crippen molar-refractivity contribution in [3.63, 3.8) is 0 Å². The standard InChI is InChI=1S/C24H29ClF3N3O4S/c1-4-5-13-29-23(33)17(2)30(15-18-9-7-6-8-10-18)22(32)16-31(36(3,34)35)19-11-12-21(25)20(14-19)24(26,27)28/h6-12,14,17H,4-5,13,15-16H2,1-3H3,(H,29,33)/t17-/m0/s1. The number of amides is 2. The van der Waals surface area contributed by atoms with Crippen LogP contribution in [0, 0.1) is 0 Å². The van der Waals surface area contributed by atoms with Crippen LogP contribution in [0.25, 0.3) is 0 Å². The largest absolute Gasteiger partial charge is 0.417 e. The molecule has 2 rings (SSSR count). The zero-order chi connectivity index (χ0) is 27.1. The third kappa shape index (κ3) is 8.12. The van der Waals surface area contributed by atoms with E-state index in [1.165, 1.54) is 11.8 Å². The van der Waals surface area contributed by atoms with Gasteiger partial charge in [-0.15, -0.1) is 0 Å². The van der Waals surface area contributed by atoms with Gasteiger partial charge in [0.1, 0.15) is 12.6 Å². The number of rotatable bonds is 11. The third-order valence-electron chi connectivity index (χ3n) is 5.42. The average molecular weight is 548 g/mol. The summed E-state index contributed by atoms with van der Waals surface area (Å²) < 4.78 is 65.8. The van der Waals surface area contributed by atoms with Crippen LogP contribution in [0.5, 0.6) is 0 Å². The lowest BCUT2D eigenvalue weighted by molar-refractivity contribution is -0.139. The second kappa shape index (κ2) is 12.4. The lowest BCUT2D eigenvalue weighted by Gasteiger charge is -2.31. The van der Waals surface area contributed by atoms with Gasteiger partial charge in [-0.25, -0.2) is 8.42 Å². The Morgan fingerprint density at radius 2 is 1.75 bits per heavy atom. The van der Waals surface area contributed by atoms with Gasteiger partial charge in [0.2, 0.25) is 21.8 Å². The fraction of sp³-hybridized carbons (Fsp3) is 0.417. The molecule has 1 N–H and O–H groups in total. The highest BCUT2D eigenvalue weighted by atomic mass is 35.5. The van der Waals surface area contributed by atoms with Gasteiger partial charge in [-0.2, -0.15) is 13.2 Å². The van der Waals surface area contributed by atoms with E-state index in [2.05, 4.69) is 5.32 Å². The summed E-state index contributed by atoms with van der Waals surface area (Å²) in [7, 11) is -4.18. The Bertz CT molecular complexity index is 1160. The van der Waals surface area contributed by atoms with Gasteiger partial charge in [-0.05, 0) is 37.1 Å². The summed E-state index contributed by atoms with van der Waals surface area (Å²) in [5, 5.41) is 2.14. The first kappa shape index (κ1) is 29.4. The maximum Gasteiger partial charge on any atom is 0.417 e. The van der Waals surface area contributed by atoms with Gasteiger partial charge in [-0.1, -0.05) is 55.3 Å². The highest BCUT2D eigenvalue weighted by Crippen LogP contribution is 2.37. The van der Waals surface area contributed by atoms with E-state index in [1.54, 1.807) is 30.3 Å². The fourth-order valence-electron chi connectivity index (χ4n) is 3.40. The van der Waals surface area contributed by atoms with Gasteiger partial charge < -0.3 is 10.2 Å². The molecule has 7 nitrogen and oxygen atoms in total. The predicted octanol–water partition coefficient (Wildman–Crippen LogP) is 4.46. The second-order valence-electron chi connectivity index (χ2n) is 8.26. The molecule has 2 aromatic rings. The maximum atomic E-state index is 13.4. The molecule has 0 radical (unpaired) electrons. The molecule has 0 fully saturated rings. The number of carbonyl (C=O) groups is 2. The number of sulfonamides is 1. The Balaban J connectivity index is 2.42. The van der Waals surface area contributed by atoms with E-state index in [-0.39, 0.29) is 12.2 Å². The molecular weight excluding hydrogens is 519 g/mol. The SMILES string of the molecule is CCCCNC(=O)[C@H](C)N(Cc1ccccc1)C(=O)CN(c1ccc(Cl)c(C(F)(F)F)c1)S(C)(=O)=O. The fourth-order valence-corrected chi connectivity index (χ4v) is 4.46. The van der Waals surface area contributed by atoms with Crippen molar-refractivity contribution in [3.05, 3.63) is 64.7 Å². The molecule has 2 aromatic carbocycles. The number of hydrogen-bond donors (Lipinski definition) is 1. The predicted molar refractivity (Wildman–Crippen MR) is 133 cm³/mol. The molecular formula is C24H29ClF3N3O4S. The van der Waals surface area contributed by atoms with Crippen LogP contribution in [-0.4, -0.2) is 50.5 Å². The molecule has 0 unspecified atom stereocenters. The van der Waals surface area contributed by atoms with Crippen LogP contribution in [-0.2, 0) is 32.3 Å². The van der Waals surface area contributed by atoms with Crippen LogP contribution >= 0.6 is 11.6 Å². The van der Waals surface area contributed by atoms with E-state index < -0.39 is 51.2 Å². The molecule has 0 saturated carbocycles. The van der Waals surface area contributed by atoms with Crippen LogP contribution in [0.3, 0.4) is 0 Å². The number of hydrogen-bond acceptors (Lipinski definition) is 4. The van der Waals surface area contributed by atoms with Crippen LogP contribution in [0.1, 0.15) is 37.8 Å². The smallest absolute Gasteiger partial charge is 0.354 e. The zero-order valence-corrected chi connectivity index (χ0v) is 21.8. The highest BCUT2D eigenvalue weighted by molar-refractivity contribution is 7.92. The Hall–Kier alpha value is -2.79. The third-order valence-corrected chi connectivity index (χ3v) is 6.89. The maximum absolute atomic E-state index is 13.4. The van der Waals surface area contributed by atoms with Gasteiger partial charge in [0.25, 0.3) is 0 Å². The number of anilines is 1. The van der Waals surface area contributed by atoms with Crippen molar-refractivity contribution >= 4 is 39.1 Å². The van der Waals surface area contributed by atoms with Crippen LogP contribution in [0.4, 0.5) is 18.9 Å². The average Bonchev–Trinajstić information content (AvgIpc) is 2.80. The van der Waals surface area contributed by atoms with E-state index in [0.717, 1.165) is 31.2 Å². The van der Waals surface area contributed by atoms with Crippen molar-refractivity contribution in [2.45, 2.75) is 45.5 Å². The quantitative estimate of drug-likeness (QED) is 0.421. The molecule has 12 heteroatoms. The molecule has 36 heavy (non-hydrogen) atoms. The van der Waals surface area contributed by atoms with E-state index in [1.807, 2.05) is 6.92 Å². The molecule has 1 atom stereocenters. The minimum Gasteiger partial charge on any atom is -0.354 e. The second-order valence-corrected chi connectivity index (χ2v) is 10.6. The van der Waals surface area contributed by atoms with Gasteiger partial charge in [0.05, 0.1) is 22.5 Å². The van der Waals surface area contributed by atoms with E-state index in [9.17, 15) is 31.2 Å².